The molecule has 0 spiro atoms. The summed E-state index contributed by atoms with van der Waals surface area (Å²) in [5.41, 5.74) is -0.408. The first-order valence-corrected chi connectivity index (χ1v) is 10.2. The number of amides is 1. The number of benzene rings is 1. The summed E-state index contributed by atoms with van der Waals surface area (Å²) in [7, 11) is 0. The van der Waals surface area contributed by atoms with Crippen molar-refractivity contribution in [2.24, 2.45) is 5.92 Å². The van der Waals surface area contributed by atoms with Crippen LogP contribution in [0.1, 0.15) is 48.5 Å². The Labute approximate surface area is 168 Å². The third-order valence-corrected chi connectivity index (χ3v) is 5.83. The van der Waals surface area contributed by atoms with Crippen LogP contribution in [0.15, 0.2) is 24.3 Å². The molecule has 0 bridgehead atoms. The zero-order chi connectivity index (χ0) is 21.0. The van der Waals surface area contributed by atoms with E-state index in [0.29, 0.717) is 37.8 Å². The Hall–Kier alpha value is -2.09. The number of Topliss-reactive ketones (excluding diaryl/α,β-unsaturated/α-hetero) is 1. The number of alkyl halides is 3. The number of hydrogen-bond acceptors (Lipinski definition) is 4. The third kappa shape index (κ3) is 5.29. The van der Waals surface area contributed by atoms with Gasteiger partial charge in [-0.25, -0.2) is 4.79 Å². The summed E-state index contributed by atoms with van der Waals surface area (Å²) in [6.45, 7) is 4.94. The number of piperidine rings is 2. The minimum Gasteiger partial charge on any atom is -0.450 e. The summed E-state index contributed by atoms with van der Waals surface area (Å²) in [4.78, 5) is 28.7. The summed E-state index contributed by atoms with van der Waals surface area (Å²) in [6.07, 6.45) is -1.38. The molecule has 1 amide bonds. The summed E-state index contributed by atoms with van der Waals surface area (Å²) in [5.74, 6) is -0.295. The van der Waals surface area contributed by atoms with Gasteiger partial charge in [-0.05, 0) is 51.3 Å². The maximum Gasteiger partial charge on any atom is 0.416 e. The summed E-state index contributed by atoms with van der Waals surface area (Å²) >= 11 is 0. The highest BCUT2D eigenvalue weighted by atomic mass is 19.4. The van der Waals surface area contributed by atoms with E-state index in [0.717, 1.165) is 44.4 Å². The Morgan fingerprint density at radius 2 is 1.72 bits per heavy atom. The van der Waals surface area contributed by atoms with Gasteiger partial charge in [0, 0.05) is 37.2 Å². The standard InChI is InChI=1S/C21H27F3N2O3/c1-2-29-20(28)25-12-9-18(10-13-25)26-11-3-4-16(14-26)19(27)15-5-7-17(8-6-15)21(22,23)24/h5-8,16,18H,2-4,9-14H2,1H3. The Balaban J connectivity index is 1.57. The van der Waals surface area contributed by atoms with Gasteiger partial charge in [-0.15, -0.1) is 0 Å². The number of ether oxygens (including phenoxy) is 1. The molecule has 3 rings (SSSR count). The molecule has 2 aliphatic heterocycles. The molecule has 2 heterocycles. The lowest BCUT2D eigenvalue weighted by atomic mass is 9.88. The summed E-state index contributed by atoms with van der Waals surface area (Å²) in [6, 6.07) is 4.81. The van der Waals surface area contributed by atoms with Crippen LogP contribution in [0.5, 0.6) is 0 Å². The second kappa shape index (κ2) is 9.15. The van der Waals surface area contributed by atoms with Crippen molar-refractivity contribution in [2.45, 2.75) is 44.8 Å². The molecule has 0 radical (unpaired) electrons. The quantitative estimate of drug-likeness (QED) is 0.695. The molecule has 2 aliphatic rings. The molecule has 0 saturated carbocycles. The molecule has 5 nitrogen and oxygen atoms in total. The van der Waals surface area contributed by atoms with Gasteiger partial charge >= 0.3 is 12.3 Å². The first-order chi connectivity index (χ1) is 13.8. The number of carbonyl (C=O) groups is 2. The number of likely N-dealkylation sites (tertiary alicyclic amines) is 2. The fourth-order valence-corrected chi connectivity index (χ4v) is 4.24. The molecule has 160 valence electrons. The Kier molecular flexibility index (Phi) is 6.82. The van der Waals surface area contributed by atoms with E-state index in [9.17, 15) is 22.8 Å². The van der Waals surface area contributed by atoms with Crippen LogP contribution in [0.2, 0.25) is 0 Å². The van der Waals surface area contributed by atoms with Crippen LogP contribution >= 0.6 is 0 Å². The number of ketones is 1. The van der Waals surface area contributed by atoms with Gasteiger partial charge in [0.2, 0.25) is 0 Å². The minimum atomic E-state index is -4.40. The van der Waals surface area contributed by atoms with Crippen molar-refractivity contribution in [1.29, 1.82) is 0 Å². The highest BCUT2D eigenvalue weighted by molar-refractivity contribution is 5.98. The van der Waals surface area contributed by atoms with Gasteiger partial charge in [-0.3, -0.25) is 9.69 Å². The van der Waals surface area contributed by atoms with E-state index in [4.69, 9.17) is 4.74 Å². The number of hydrogen-bond donors (Lipinski definition) is 0. The lowest BCUT2D eigenvalue weighted by Crippen LogP contribution is -2.50. The van der Waals surface area contributed by atoms with Crippen molar-refractivity contribution in [3.63, 3.8) is 0 Å². The van der Waals surface area contributed by atoms with Gasteiger partial charge in [-0.2, -0.15) is 13.2 Å². The Bertz CT molecular complexity index is 713. The van der Waals surface area contributed by atoms with Crippen LogP contribution in [0.3, 0.4) is 0 Å². The highest BCUT2D eigenvalue weighted by Gasteiger charge is 2.34. The predicted molar refractivity (Wildman–Crippen MR) is 102 cm³/mol. The van der Waals surface area contributed by atoms with E-state index in [1.54, 1.807) is 11.8 Å². The van der Waals surface area contributed by atoms with E-state index in [1.807, 2.05) is 0 Å². The van der Waals surface area contributed by atoms with E-state index in [-0.39, 0.29) is 17.8 Å². The highest BCUT2D eigenvalue weighted by Crippen LogP contribution is 2.30. The van der Waals surface area contributed by atoms with Crippen molar-refractivity contribution in [3.05, 3.63) is 35.4 Å². The fourth-order valence-electron chi connectivity index (χ4n) is 4.24. The topological polar surface area (TPSA) is 49.9 Å². The summed E-state index contributed by atoms with van der Waals surface area (Å²) < 4.78 is 43.2. The molecule has 1 unspecified atom stereocenters. The largest absolute Gasteiger partial charge is 0.450 e. The first-order valence-electron chi connectivity index (χ1n) is 10.2. The lowest BCUT2D eigenvalue weighted by Gasteiger charge is -2.41. The van der Waals surface area contributed by atoms with Gasteiger partial charge in [0.15, 0.2) is 5.78 Å². The molecular formula is C21H27F3N2O3. The molecule has 1 aromatic rings. The Morgan fingerprint density at radius 3 is 2.31 bits per heavy atom. The van der Waals surface area contributed by atoms with Crippen LogP contribution < -0.4 is 0 Å². The second-order valence-electron chi connectivity index (χ2n) is 7.69. The fraction of sp³-hybridized carbons (Fsp3) is 0.619. The molecule has 0 aromatic heterocycles. The van der Waals surface area contributed by atoms with Crippen molar-refractivity contribution in [1.82, 2.24) is 9.80 Å². The van der Waals surface area contributed by atoms with Crippen molar-refractivity contribution in [2.75, 3.05) is 32.8 Å². The maximum atomic E-state index is 12.8. The van der Waals surface area contributed by atoms with Crippen LogP contribution in [-0.2, 0) is 10.9 Å². The van der Waals surface area contributed by atoms with Crippen molar-refractivity contribution < 1.29 is 27.5 Å². The predicted octanol–water partition coefficient (Wildman–Crippen LogP) is 4.22. The molecule has 1 atom stereocenters. The van der Waals surface area contributed by atoms with Gasteiger partial charge < -0.3 is 9.64 Å². The van der Waals surface area contributed by atoms with Crippen LogP contribution in [0.25, 0.3) is 0 Å². The minimum absolute atomic E-state index is 0.0904. The molecule has 2 fully saturated rings. The zero-order valence-electron chi connectivity index (χ0n) is 16.6. The SMILES string of the molecule is CCOC(=O)N1CCC(N2CCCC(C(=O)c3ccc(C(F)(F)F)cc3)C2)CC1. The zero-order valence-corrected chi connectivity index (χ0v) is 16.6. The van der Waals surface area contributed by atoms with Crippen molar-refractivity contribution >= 4 is 11.9 Å². The van der Waals surface area contributed by atoms with Gasteiger partial charge in [-0.1, -0.05) is 12.1 Å². The van der Waals surface area contributed by atoms with E-state index in [1.165, 1.54) is 12.1 Å². The third-order valence-electron chi connectivity index (χ3n) is 5.83. The van der Waals surface area contributed by atoms with Crippen LogP contribution in [0, 0.1) is 5.92 Å². The molecule has 8 heteroatoms. The molecule has 2 saturated heterocycles. The van der Waals surface area contributed by atoms with Gasteiger partial charge in [0.25, 0.3) is 0 Å². The first kappa shape index (κ1) is 21.6. The number of rotatable bonds is 4. The van der Waals surface area contributed by atoms with Gasteiger partial charge in [0.05, 0.1) is 12.2 Å². The van der Waals surface area contributed by atoms with Gasteiger partial charge in [0.1, 0.15) is 0 Å². The van der Waals surface area contributed by atoms with E-state index >= 15 is 0 Å². The average molecular weight is 412 g/mol. The number of nitrogens with zero attached hydrogens (tertiary/aromatic N) is 2. The number of halogens is 3. The van der Waals surface area contributed by atoms with Crippen LogP contribution in [0.4, 0.5) is 18.0 Å². The number of carbonyl (C=O) groups excluding carboxylic acids is 2. The molecule has 0 N–H and O–H groups in total. The second-order valence-corrected chi connectivity index (χ2v) is 7.69. The molecule has 1 aromatic carbocycles. The van der Waals surface area contributed by atoms with E-state index in [2.05, 4.69) is 4.90 Å². The molecule has 29 heavy (non-hydrogen) atoms. The smallest absolute Gasteiger partial charge is 0.416 e. The van der Waals surface area contributed by atoms with Crippen LogP contribution in [-0.4, -0.2) is 60.5 Å². The normalized spacial score (nSPS) is 21.8. The van der Waals surface area contributed by atoms with Crippen molar-refractivity contribution in [3.8, 4) is 0 Å². The summed E-state index contributed by atoms with van der Waals surface area (Å²) in [5, 5.41) is 0. The Morgan fingerprint density at radius 1 is 1.07 bits per heavy atom. The monoisotopic (exact) mass is 412 g/mol. The maximum absolute atomic E-state index is 12.8. The molecular weight excluding hydrogens is 385 g/mol. The lowest BCUT2D eigenvalue weighted by molar-refractivity contribution is -0.137. The average Bonchev–Trinajstić information content (AvgIpc) is 2.73. The molecule has 0 aliphatic carbocycles. The van der Waals surface area contributed by atoms with E-state index < -0.39 is 11.7 Å².